The number of fused-ring (bicyclic) bond motifs is 1. The van der Waals surface area contributed by atoms with Crippen LogP contribution in [-0.4, -0.2) is 33.5 Å². The van der Waals surface area contributed by atoms with E-state index in [1.54, 1.807) is 19.4 Å². The molecule has 0 saturated heterocycles. The minimum atomic E-state index is 0.631. The Kier molecular flexibility index (Phi) is 4.77. The summed E-state index contributed by atoms with van der Waals surface area (Å²) in [5, 5.41) is 0.631. The van der Waals surface area contributed by atoms with Gasteiger partial charge >= 0.3 is 0 Å². The second-order valence-electron chi connectivity index (χ2n) is 6.38. The van der Waals surface area contributed by atoms with Crippen LogP contribution in [0.25, 0.3) is 17.2 Å². The Morgan fingerprint density at radius 2 is 2.11 bits per heavy atom. The van der Waals surface area contributed by atoms with Crippen molar-refractivity contribution in [3.05, 3.63) is 77.2 Å². The van der Waals surface area contributed by atoms with E-state index in [9.17, 15) is 0 Å². The van der Waals surface area contributed by atoms with Crippen molar-refractivity contribution in [1.29, 1.82) is 0 Å². The highest BCUT2D eigenvalue weighted by atomic mass is 35.5. The molecule has 27 heavy (non-hydrogen) atoms. The Hall–Kier alpha value is -2.92. The van der Waals surface area contributed by atoms with Gasteiger partial charge in [-0.2, -0.15) is 0 Å². The van der Waals surface area contributed by atoms with Crippen molar-refractivity contribution in [2.75, 3.05) is 13.7 Å². The maximum absolute atomic E-state index is 6.20. The third-order valence-electron chi connectivity index (χ3n) is 4.65. The summed E-state index contributed by atoms with van der Waals surface area (Å²) in [5.41, 5.74) is 4.83. The normalized spacial score (nSPS) is 13.2. The van der Waals surface area contributed by atoms with Gasteiger partial charge in [-0.3, -0.25) is 4.98 Å². The number of halogens is 1. The fraction of sp³-hybridized carbons (Fsp3) is 0.190. The van der Waals surface area contributed by atoms with Crippen LogP contribution in [0.4, 0.5) is 0 Å². The summed E-state index contributed by atoms with van der Waals surface area (Å²) in [5.74, 6) is 1.39. The van der Waals surface area contributed by atoms with Crippen LogP contribution in [0.5, 0.6) is 5.75 Å². The maximum atomic E-state index is 6.20. The first-order valence-electron chi connectivity index (χ1n) is 8.69. The van der Waals surface area contributed by atoms with Gasteiger partial charge in [0, 0.05) is 53.8 Å². The Labute approximate surface area is 163 Å². The summed E-state index contributed by atoms with van der Waals surface area (Å²) >= 11 is 6.20. The first-order valence-corrected chi connectivity index (χ1v) is 9.07. The number of rotatable bonds is 4. The molecule has 1 aliphatic rings. The molecule has 0 unspecified atom stereocenters. The number of methoxy groups -OCH3 is 1. The number of hydrogen-bond acceptors (Lipinski definition) is 5. The SMILES string of the molecule is C=C(c1cc(Cl)cc(OC)c1)N1CCc2nc(-c3ccccn3)ncc2C1. The predicted octanol–water partition coefficient (Wildman–Crippen LogP) is 4.23. The van der Waals surface area contributed by atoms with Gasteiger partial charge in [0.25, 0.3) is 0 Å². The summed E-state index contributed by atoms with van der Waals surface area (Å²) in [4.78, 5) is 15.8. The molecule has 4 rings (SSSR count). The van der Waals surface area contributed by atoms with Crippen molar-refractivity contribution in [2.45, 2.75) is 13.0 Å². The monoisotopic (exact) mass is 378 g/mol. The fourth-order valence-corrected chi connectivity index (χ4v) is 3.42. The van der Waals surface area contributed by atoms with Gasteiger partial charge in [-0.15, -0.1) is 0 Å². The predicted molar refractivity (Wildman–Crippen MR) is 106 cm³/mol. The van der Waals surface area contributed by atoms with Crippen LogP contribution in [0.3, 0.4) is 0 Å². The molecule has 0 bridgehead atoms. The molecular formula is C21H19ClN4O. The highest BCUT2D eigenvalue weighted by molar-refractivity contribution is 6.30. The van der Waals surface area contributed by atoms with E-state index in [1.807, 2.05) is 36.5 Å². The van der Waals surface area contributed by atoms with Gasteiger partial charge in [0.15, 0.2) is 5.82 Å². The quantitative estimate of drug-likeness (QED) is 0.680. The first-order chi connectivity index (χ1) is 13.1. The largest absolute Gasteiger partial charge is 0.497 e. The van der Waals surface area contributed by atoms with Gasteiger partial charge in [0.2, 0.25) is 0 Å². The molecular weight excluding hydrogens is 360 g/mol. The molecule has 0 atom stereocenters. The topological polar surface area (TPSA) is 51.1 Å². The molecule has 3 aromatic rings. The standard InChI is InChI=1S/C21H19ClN4O/c1-14(15-9-17(22)11-18(10-15)27-2)26-8-6-19-16(13-26)12-24-21(25-19)20-5-3-4-7-23-20/h3-5,7,9-12H,1,6,8,13H2,2H3. The van der Waals surface area contributed by atoms with Gasteiger partial charge in [0.05, 0.1) is 12.8 Å². The van der Waals surface area contributed by atoms with Crippen molar-refractivity contribution in [3.8, 4) is 17.3 Å². The number of ether oxygens (including phenoxy) is 1. The average molecular weight is 379 g/mol. The molecule has 3 heterocycles. The second kappa shape index (κ2) is 7.37. The minimum absolute atomic E-state index is 0.631. The summed E-state index contributed by atoms with van der Waals surface area (Å²) in [7, 11) is 1.63. The van der Waals surface area contributed by atoms with Crippen LogP contribution in [0.2, 0.25) is 5.02 Å². The molecule has 5 nitrogen and oxygen atoms in total. The van der Waals surface area contributed by atoms with Crippen LogP contribution >= 0.6 is 11.6 Å². The van der Waals surface area contributed by atoms with Crippen LogP contribution in [0, 0.1) is 0 Å². The Bertz CT molecular complexity index is 991. The minimum Gasteiger partial charge on any atom is -0.497 e. The lowest BCUT2D eigenvalue weighted by molar-refractivity contribution is 0.368. The molecule has 2 aromatic heterocycles. The molecule has 1 aliphatic heterocycles. The first kappa shape index (κ1) is 17.5. The van der Waals surface area contributed by atoms with E-state index in [0.717, 1.165) is 46.9 Å². The molecule has 0 N–H and O–H groups in total. The maximum Gasteiger partial charge on any atom is 0.178 e. The number of aromatic nitrogens is 3. The molecule has 0 aliphatic carbocycles. The van der Waals surface area contributed by atoms with Crippen molar-refractivity contribution >= 4 is 17.3 Å². The lowest BCUT2D eigenvalue weighted by Gasteiger charge is -2.31. The summed E-state index contributed by atoms with van der Waals surface area (Å²) in [6.07, 6.45) is 4.47. The number of benzene rings is 1. The molecule has 0 fully saturated rings. The van der Waals surface area contributed by atoms with E-state index in [1.165, 1.54) is 0 Å². The highest BCUT2D eigenvalue weighted by Gasteiger charge is 2.21. The Balaban J connectivity index is 1.57. The third kappa shape index (κ3) is 3.64. The molecule has 1 aromatic carbocycles. The third-order valence-corrected chi connectivity index (χ3v) is 4.87. The van der Waals surface area contributed by atoms with E-state index < -0.39 is 0 Å². The zero-order valence-electron chi connectivity index (χ0n) is 15.0. The smallest absolute Gasteiger partial charge is 0.178 e. The van der Waals surface area contributed by atoms with Crippen molar-refractivity contribution in [2.24, 2.45) is 0 Å². The highest BCUT2D eigenvalue weighted by Crippen LogP contribution is 2.30. The zero-order valence-corrected chi connectivity index (χ0v) is 15.8. The van der Waals surface area contributed by atoms with Crippen LogP contribution in [-0.2, 0) is 13.0 Å². The average Bonchev–Trinajstić information content (AvgIpc) is 2.72. The van der Waals surface area contributed by atoms with Gasteiger partial charge < -0.3 is 9.64 Å². The van der Waals surface area contributed by atoms with E-state index >= 15 is 0 Å². The molecule has 0 radical (unpaired) electrons. The van der Waals surface area contributed by atoms with Gasteiger partial charge in [-0.1, -0.05) is 24.2 Å². The molecule has 6 heteroatoms. The van der Waals surface area contributed by atoms with E-state index in [0.29, 0.717) is 17.4 Å². The van der Waals surface area contributed by atoms with Crippen LogP contribution < -0.4 is 4.74 Å². The lowest BCUT2D eigenvalue weighted by Crippen LogP contribution is -2.29. The van der Waals surface area contributed by atoms with Crippen molar-refractivity contribution < 1.29 is 4.74 Å². The van der Waals surface area contributed by atoms with Crippen LogP contribution in [0.1, 0.15) is 16.8 Å². The van der Waals surface area contributed by atoms with Crippen LogP contribution in [0.15, 0.2) is 55.4 Å². The molecule has 0 spiro atoms. The van der Waals surface area contributed by atoms with E-state index in [2.05, 4.69) is 21.4 Å². The zero-order chi connectivity index (χ0) is 18.8. The van der Waals surface area contributed by atoms with Gasteiger partial charge in [-0.25, -0.2) is 9.97 Å². The number of pyridine rings is 1. The molecule has 136 valence electrons. The van der Waals surface area contributed by atoms with Crippen molar-refractivity contribution in [3.63, 3.8) is 0 Å². The molecule has 0 amide bonds. The summed E-state index contributed by atoms with van der Waals surface area (Å²) in [6.45, 7) is 5.81. The van der Waals surface area contributed by atoms with Gasteiger partial charge in [0.1, 0.15) is 11.4 Å². The second-order valence-corrected chi connectivity index (χ2v) is 6.81. The fourth-order valence-electron chi connectivity index (χ4n) is 3.19. The van der Waals surface area contributed by atoms with E-state index in [-0.39, 0.29) is 0 Å². The summed E-state index contributed by atoms with van der Waals surface area (Å²) in [6, 6.07) is 11.4. The Morgan fingerprint density at radius 1 is 1.22 bits per heavy atom. The summed E-state index contributed by atoms with van der Waals surface area (Å²) < 4.78 is 5.31. The molecule has 0 saturated carbocycles. The lowest BCUT2D eigenvalue weighted by atomic mass is 10.0. The number of hydrogen-bond donors (Lipinski definition) is 0. The number of nitrogens with zero attached hydrogens (tertiary/aromatic N) is 4. The Morgan fingerprint density at radius 3 is 2.89 bits per heavy atom. The van der Waals surface area contributed by atoms with E-state index in [4.69, 9.17) is 21.3 Å². The van der Waals surface area contributed by atoms with Crippen molar-refractivity contribution in [1.82, 2.24) is 19.9 Å². The van der Waals surface area contributed by atoms with Gasteiger partial charge in [-0.05, 0) is 30.3 Å².